The second-order valence-corrected chi connectivity index (χ2v) is 2.85. The molecule has 0 amide bonds. The molecule has 0 fully saturated rings. The predicted octanol–water partition coefficient (Wildman–Crippen LogP) is 1.74. The van der Waals surface area contributed by atoms with Gasteiger partial charge in [-0.2, -0.15) is 0 Å². The summed E-state index contributed by atoms with van der Waals surface area (Å²) in [4.78, 5) is 14.8. The van der Waals surface area contributed by atoms with Crippen LogP contribution in [0.1, 0.15) is 0 Å². The summed E-state index contributed by atoms with van der Waals surface area (Å²) in [6, 6.07) is 0. The molecular formula is C7H6Cl2N2O. The Morgan fingerprint density at radius 1 is 1.67 bits per heavy atom. The van der Waals surface area contributed by atoms with Gasteiger partial charge in [-0.15, -0.1) is 6.58 Å². The molecule has 1 aromatic heterocycles. The fourth-order valence-corrected chi connectivity index (χ4v) is 1.20. The zero-order valence-electron chi connectivity index (χ0n) is 6.13. The highest BCUT2D eigenvalue weighted by Gasteiger charge is 2.02. The maximum Gasteiger partial charge on any atom is 0.288 e. The van der Waals surface area contributed by atoms with Crippen LogP contribution in [0.2, 0.25) is 10.3 Å². The molecule has 0 unspecified atom stereocenters. The fraction of sp³-hybridized carbons (Fsp3) is 0.143. The average Bonchev–Trinajstić information content (AvgIpc) is 2.00. The average molecular weight is 205 g/mol. The highest BCUT2D eigenvalue weighted by atomic mass is 35.5. The third-order valence-corrected chi connectivity index (χ3v) is 1.66. The Morgan fingerprint density at radius 2 is 2.33 bits per heavy atom. The summed E-state index contributed by atoms with van der Waals surface area (Å²) in [5, 5.41) is 0.0748. The quantitative estimate of drug-likeness (QED) is 0.689. The highest BCUT2D eigenvalue weighted by molar-refractivity contribution is 6.32. The maximum absolute atomic E-state index is 11.2. The summed E-state index contributed by atoms with van der Waals surface area (Å²) < 4.78 is 1.34. The van der Waals surface area contributed by atoms with Crippen LogP contribution in [0.4, 0.5) is 0 Å². The Kier molecular flexibility index (Phi) is 2.89. The zero-order valence-corrected chi connectivity index (χ0v) is 7.64. The first-order chi connectivity index (χ1) is 5.65. The van der Waals surface area contributed by atoms with Crippen molar-refractivity contribution in [3.8, 4) is 0 Å². The van der Waals surface area contributed by atoms with Gasteiger partial charge in [0.05, 0.1) is 0 Å². The van der Waals surface area contributed by atoms with Crippen LogP contribution >= 0.6 is 23.2 Å². The number of hydrogen-bond donors (Lipinski definition) is 0. The normalized spacial score (nSPS) is 9.83. The molecule has 0 aliphatic carbocycles. The topological polar surface area (TPSA) is 34.9 Å². The number of allylic oxidation sites excluding steroid dienone is 1. The first kappa shape index (κ1) is 9.29. The minimum Gasteiger partial charge on any atom is -0.306 e. The molecule has 0 aliphatic rings. The van der Waals surface area contributed by atoms with E-state index in [4.69, 9.17) is 23.2 Å². The summed E-state index contributed by atoms with van der Waals surface area (Å²) >= 11 is 11.1. The van der Waals surface area contributed by atoms with Crippen LogP contribution in [0, 0.1) is 0 Å². The molecule has 64 valence electrons. The lowest BCUT2D eigenvalue weighted by atomic mass is 10.5. The van der Waals surface area contributed by atoms with E-state index in [2.05, 4.69) is 11.6 Å². The van der Waals surface area contributed by atoms with Gasteiger partial charge in [0, 0.05) is 12.7 Å². The molecule has 0 aliphatic heterocycles. The van der Waals surface area contributed by atoms with Crippen molar-refractivity contribution in [2.75, 3.05) is 0 Å². The highest BCUT2D eigenvalue weighted by Crippen LogP contribution is 2.05. The molecule has 0 N–H and O–H groups in total. The predicted molar refractivity (Wildman–Crippen MR) is 48.7 cm³/mol. The number of aromatic nitrogens is 2. The van der Waals surface area contributed by atoms with Crippen molar-refractivity contribution in [2.45, 2.75) is 6.54 Å². The molecule has 0 saturated carbocycles. The van der Waals surface area contributed by atoms with Crippen molar-refractivity contribution in [2.24, 2.45) is 0 Å². The molecule has 3 nitrogen and oxygen atoms in total. The van der Waals surface area contributed by atoms with Crippen LogP contribution in [0.5, 0.6) is 0 Å². The van der Waals surface area contributed by atoms with E-state index in [-0.39, 0.29) is 15.9 Å². The van der Waals surface area contributed by atoms with E-state index in [0.717, 1.165) is 0 Å². The number of halogens is 2. The number of hydrogen-bond acceptors (Lipinski definition) is 2. The second-order valence-electron chi connectivity index (χ2n) is 2.10. The molecular weight excluding hydrogens is 199 g/mol. The summed E-state index contributed by atoms with van der Waals surface area (Å²) in [5.74, 6) is 0. The molecule has 1 aromatic rings. The Hall–Kier alpha value is -0.800. The van der Waals surface area contributed by atoms with E-state index >= 15 is 0 Å². The van der Waals surface area contributed by atoms with Gasteiger partial charge >= 0.3 is 0 Å². The van der Waals surface area contributed by atoms with Crippen LogP contribution in [-0.2, 0) is 6.54 Å². The largest absolute Gasteiger partial charge is 0.306 e. The van der Waals surface area contributed by atoms with Crippen molar-refractivity contribution < 1.29 is 0 Å². The maximum atomic E-state index is 11.2. The van der Waals surface area contributed by atoms with Crippen LogP contribution in [0.3, 0.4) is 0 Å². The summed E-state index contributed by atoms with van der Waals surface area (Å²) in [5.41, 5.74) is -0.360. The Labute approximate surface area is 79.3 Å². The van der Waals surface area contributed by atoms with Crippen LogP contribution < -0.4 is 5.56 Å². The summed E-state index contributed by atoms with van der Waals surface area (Å²) in [6.45, 7) is 3.87. The molecule has 0 aromatic carbocycles. The minimum atomic E-state index is -0.360. The zero-order chi connectivity index (χ0) is 9.14. The lowest BCUT2D eigenvalue weighted by molar-refractivity contribution is 0.768. The molecule has 12 heavy (non-hydrogen) atoms. The van der Waals surface area contributed by atoms with E-state index in [0.29, 0.717) is 6.54 Å². The van der Waals surface area contributed by atoms with Gasteiger partial charge in [-0.3, -0.25) is 4.79 Å². The van der Waals surface area contributed by atoms with Crippen molar-refractivity contribution in [1.82, 2.24) is 9.55 Å². The smallest absolute Gasteiger partial charge is 0.288 e. The minimum absolute atomic E-state index is 0.121. The van der Waals surface area contributed by atoms with Crippen molar-refractivity contribution in [1.29, 1.82) is 0 Å². The van der Waals surface area contributed by atoms with E-state index in [1.54, 1.807) is 6.08 Å². The molecule has 1 heterocycles. The van der Waals surface area contributed by atoms with Crippen LogP contribution in [0.25, 0.3) is 0 Å². The van der Waals surface area contributed by atoms with Gasteiger partial charge in [0.25, 0.3) is 5.56 Å². The van der Waals surface area contributed by atoms with E-state index in [9.17, 15) is 4.79 Å². The third kappa shape index (κ3) is 1.87. The molecule has 0 spiro atoms. The molecule has 0 saturated heterocycles. The molecule has 0 bridgehead atoms. The lowest BCUT2D eigenvalue weighted by Crippen LogP contribution is -2.20. The molecule has 1 rings (SSSR count). The van der Waals surface area contributed by atoms with Gasteiger partial charge in [0.1, 0.15) is 5.15 Å². The molecule has 5 heteroatoms. The van der Waals surface area contributed by atoms with Gasteiger partial charge in [0.15, 0.2) is 5.15 Å². The summed E-state index contributed by atoms with van der Waals surface area (Å²) in [7, 11) is 0. The Morgan fingerprint density at radius 3 is 2.92 bits per heavy atom. The third-order valence-electron chi connectivity index (χ3n) is 1.23. The van der Waals surface area contributed by atoms with Crippen molar-refractivity contribution in [3.05, 3.63) is 39.5 Å². The second kappa shape index (κ2) is 3.74. The monoisotopic (exact) mass is 204 g/mol. The van der Waals surface area contributed by atoms with Gasteiger partial charge in [-0.25, -0.2) is 4.98 Å². The first-order valence-corrected chi connectivity index (χ1v) is 3.94. The van der Waals surface area contributed by atoms with E-state index < -0.39 is 0 Å². The fourth-order valence-electron chi connectivity index (χ4n) is 0.751. The van der Waals surface area contributed by atoms with Crippen molar-refractivity contribution in [3.63, 3.8) is 0 Å². The van der Waals surface area contributed by atoms with Gasteiger partial charge in [0.2, 0.25) is 0 Å². The first-order valence-electron chi connectivity index (χ1n) is 3.18. The van der Waals surface area contributed by atoms with Gasteiger partial charge in [-0.1, -0.05) is 29.3 Å². The number of rotatable bonds is 2. The number of nitrogens with zero attached hydrogens (tertiary/aromatic N) is 2. The standard InChI is InChI=1S/C7H6Cl2N2O/c1-2-3-11-4-5(8)10-6(9)7(11)12/h2,4H,1,3H2. The molecule has 0 atom stereocenters. The lowest BCUT2D eigenvalue weighted by Gasteiger charge is -2.01. The molecule has 0 radical (unpaired) electrons. The Bertz CT molecular complexity index is 359. The van der Waals surface area contributed by atoms with Gasteiger partial charge in [-0.05, 0) is 0 Å². The Balaban J connectivity index is 3.27. The van der Waals surface area contributed by atoms with Gasteiger partial charge < -0.3 is 4.57 Å². The summed E-state index contributed by atoms with van der Waals surface area (Å²) in [6.07, 6.45) is 2.99. The van der Waals surface area contributed by atoms with E-state index in [1.165, 1.54) is 10.8 Å². The van der Waals surface area contributed by atoms with Crippen LogP contribution in [0.15, 0.2) is 23.6 Å². The SMILES string of the molecule is C=CCn1cc(Cl)nc(Cl)c1=O. The van der Waals surface area contributed by atoms with Crippen molar-refractivity contribution >= 4 is 23.2 Å². The van der Waals surface area contributed by atoms with Crippen LogP contribution in [-0.4, -0.2) is 9.55 Å². The van der Waals surface area contributed by atoms with E-state index in [1.807, 2.05) is 0 Å².